The lowest BCUT2D eigenvalue weighted by atomic mass is 9.80. The summed E-state index contributed by atoms with van der Waals surface area (Å²) < 4.78 is 0. The Balaban J connectivity index is 1.57. The van der Waals surface area contributed by atoms with Gasteiger partial charge in [-0.3, -0.25) is 9.69 Å². The molecule has 0 radical (unpaired) electrons. The minimum absolute atomic E-state index is 0.0505. The van der Waals surface area contributed by atoms with Crippen molar-refractivity contribution in [3.8, 4) is 0 Å². The number of rotatable bonds is 3. The van der Waals surface area contributed by atoms with E-state index in [-0.39, 0.29) is 5.50 Å². The van der Waals surface area contributed by atoms with Gasteiger partial charge in [-0.2, -0.15) is 0 Å². The standard InChI is InChI=1S/C16H28N2OS/c1-11-6-8-12(9-7-11)14(19)10-18-13-4-2-3-5-15(13)20-16(18)17/h11-13,15-16H,2-10,17H2,1H3. The van der Waals surface area contributed by atoms with Gasteiger partial charge < -0.3 is 5.73 Å². The number of nitrogens with two attached hydrogens (primary N) is 1. The van der Waals surface area contributed by atoms with E-state index in [1.54, 1.807) is 0 Å². The van der Waals surface area contributed by atoms with Gasteiger partial charge in [-0.1, -0.05) is 32.6 Å². The second-order valence-electron chi connectivity index (χ2n) is 7.01. The molecule has 3 rings (SSSR count). The molecule has 0 spiro atoms. The SMILES string of the molecule is CC1CCC(C(=O)CN2C(N)SC3CCCCC32)CC1. The van der Waals surface area contributed by atoms with Crippen molar-refractivity contribution < 1.29 is 4.79 Å². The summed E-state index contributed by atoms with van der Waals surface area (Å²) in [6.07, 6.45) is 9.82. The average Bonchev–Trinajstić information content (AvgIpc) is 2.76. The van der Waals surface area contributed by atoms with Gasteiger partial charge in [-0.15, -0.1) is 11.8 Å². The zero-order chi connectivity index (χ0) is 14.1. The van der Waals surface area contributed by atoms with Crippen LogP contribution in [0, 0.1) is 11.8 Å². The number of carbonyl (C=O) groups is 1. The van der Waals surface area contributed by atoms with E-state index in [2.05, 4.69) is 11.8 Å². The number of carbonyl (C=O) groups excluding carboxylic acids is 1. The van der Waals surface area contributed by atoms with Crippen LogP contribution in [0.15, 0.2) is 0 Å². The molecule has 4 heteroatoms. The molecule has 2 N–H and O–H groups in total. The molecule has 0 aromatic carbocycles. The number of nitrogens with zero attached hydrogens (tertiary/aromatic N) is 1. The van der Waals surface area contributed by atoms with Crippen molar-refractivity contribution in [2.45, 2.75) is 75.1 Å². The summed E-state index contributed by atoms with van der Waals surface area (Å²) in [7, 11) is 0. The van der Waals surface area contributed by atoms with Crippen LogP contribution in [0.3, 0.4) is 0 Å². The minimum Gasteiger partial charge on any atom is -0.307 e. The Morgan fingerprint density at radius 1 is 1.15 bits per heavy atom. The summed E-state index contributed by atoms with van der Waals surface area (Å²) in [5, 5.41) is 0.679. The molecule has 2 saturated carbocycles. The van der Waals surface area contributed by atoms with E-state index in [9.17, 15) is 4.79 Å². The summed E-state index contributed by atoms with van der Waals surface area (Å²) in [6, 6.07) is 0.565. The summed E-state index contributed by atoms with van der Waals surface area (Å²) in [5.41, 5.74) is 6.33. The Morgan fingerprint density at radius 2 is 1.85 bits per heavy atom. The largest absolute Gasteiger partial charge is 0.307 e. The molecule has 1 heterocycles. The fraction of sp³-hybridized carbons (Fsp3) is 0.938. The van der Waals surface area contributed by atoms with Gasteiger partial charge in [-0.25, -0.2) is 0 Å². The first-order valence-electron chi connectivity index (χ1n) is 8.34. The molecule has 1 saturated heterocycles. The number of fused-ring (bicyclic) bond motifs is 1. The minimum atomic E-state index is 0.0505. The smallest absolute Gasteiger partial charge is 0.150 e. The van der Waals surface area contributed by atoms with Gasteiger partial charge in [0.15, 0.2) is 0 Å². The topological polar surface area (TPSA) is 46.3 Å². The third kappa shape index (κ3) is 3.07. The van der Waals surface area contributed by atoms with Gasteiger partial charge in [0.25, 0.3) is 0 Å². The molecular weight excluding hydrogens is 268 g/mol. The maximum Gasteiger partial charge on any atom is 0.150 e. The highest BCUT2D eigenvalue weighted by Crippen LogP contribution is 2.41. The van der Waals surface area contributed by atoms with Crippen molar-refractivity contribution in [1.29, 1.82) is 0 Å². The van der Waals surface area contributed by atoms with Crippen molar-refractivity contribution in [2.24, 2.45) is 17.6 Å². The first-order chi connectivity index (χ1) is 9.65. The molecule has 2 aliphatic carbocycles. The molecule has 3 atom stereocenters. The van der Waals surface area contributed by atoms with Gasteiger partial charge in [0.1, 0.15) is 11.3 Å². The molecule has 0 amide bonds. The Morgan fingerprint density at radius 3 is 2.60 bits per heavy atom. The monoisotopic (exact) mass is 296 g/mol. The quantitative estimate of drug-likeness (QED) is 0.869. The molecule has 20 heavy (non-hydrogen) atoms. The summed E-state index contributed by atoms with van der Waals surface area (Å²) in [6.45, 7) is 2.91. The highest BCUT2D eigenvalue weighted by Gasteiger charge is 2.42. The highest BCUT2D eigenvalue weighted by molar-refractivity contribution is 8.00. The number of thioether (sulfide) groups is 1. The number of Topliss-reactive ketones (excluding diaryl/α,β-unsaturated/α-hetero) is 1. The predicted octanol–water partition coefficient (Wildman–Crippen LogP) is 2.98. The van der Waals surface area contributed by atoms with Gasteiger partial charge in [0.05, 0.1) is 6.54 Å². The van der Waals surface area contributed by atoms with Gasteiger partial charge in [-0.05, 0) is 31.6 Å². The van der Waals surface area contributed by atoms with Gasteiger partial charge in [0.2, 0.25) is 0 Å². The van der Waals surface area contributed by atoms with E-state index < -0.39 is 0 Å². The van der Waals surface area contributed by atoms with E-state index in [4.69, 9.17) is 5.73 Å². The molecule has 0 aromatic heterocycles. The molecule has 0 bridgehead atoms. The van der Waals surface area contributed by atoms with Crippen LogP contribution in [0.1, 0.15) is 58.3 Å². The number of ketones is 1. The normalized spacial score (nSPS) is 42.4. The van der Waals surface area contributed by atoms with E-state index in [1.807, 2.05) is 11.8 Å². The summed E-state index contributed by atoms with van der Waals surface area (Å²) >= 11 is 1.90. The van der Waals surface area contributed by atoms with Crippen molar-refractivity contribution in [2.75, 3.05) is 6.54 Å². The lowest BCUT2D eigenvalue weighted by molar-refractivity contribution is -0.125. The number of hydrogen-bond donors (Lipinski definition) is 1. The number of hydrogen-bond acceptors (Lipinski definition) is 4. The van der Waals surface area contributed by atoms with Crippen LogP contribution in [0.5, 0.6) is 0 Å². The van der Waals surface area contributed by atoms with Crippen LogP contribution >= 0.6 is 11.8 Å². The Labute approximate surface area is 127 Å². The zero-order valence-corrected chi connectivity index (χ0v) is 13.4. The lowest BCUT2D eigenvalue weighted by Crippen LogP contribution is -2.47. The highest BCUT2D eigenvalue weighted by atomic mass is 32.2. The molecule has 1 aliphatic heterocycles. The van der Waals surface area contributed by atoms with Crippen LogP contribution in [0.2, 0.25) is 0 Å². The molecule has 3 fully saturated rings. The van der Waals surface area contributed by atoms with Crippen LogP contribution in [-0.2, 0) is 4.79 Å². The molecule has 3 unspecified atom stereocenters. The van der Waals surface area contributed by atoms with Crippen molar-refractivity contribution in [3.05, 3.63) is 0 Å². The molecular formula is C16H28N2OS. The average molecular weight is 296 g/mol. The summed E-state index contributed by atoms with van der Waals surface area (Å²) in [4.78, 5) is 14.9. The van der Waals surface area contributed by atoms with Gasteiger partial charge in [0, 0.05) is 17.2 Å². The molecule has 3 aliphatic rings. The molecule has 0 aromatic rings. The van der Waals surface area contributed by atoms with Crippen molar-refractivity contribution in [1.82, 2.24) is 4.90 Å². The lowest BCUT2D eigenvalue weighted by Gasteiger charge is -2.33. The van der Waals surface area contributed by atoms with Gasteiger partial charge >= 0.3 is 0 Å². The fourth-order valence-corrected chi connectivity index (χ4v) is 5.68. The first kappa shape index (κ1) is 14.9. The molecule has 114 valence electrons. The Bertz CT molecular complexity index is 354. The Hall–Kier alpha value is -0.0600. The van der Waals surface area contributed by atoms with Crippen LogP contribution in [-0.4, -0.2) is 34.0 Å². The van der Waals surface area contributed by atoms with Crippen LogP contribution < -0.4 is 5.73 Å². The first-order valence-corrected chi connectivity index (χ1v) is 9.29. The second-order valence-corrected chi connectivity index (χ2v) is 8.37. The molecule has 3 nitrogen and oxygen atoms in total. The third-order valence-electron chi connectivity index (χ3n) is 5.54. The maximum atomic E-state index is 12.6. The van der Waals surface area contributed by atoms with E-state index in [0.717, 1.165) is 18.8 Å². The fourth-order valence-electron chi connectivity index (χ4n) is 4.16. The predicted molar refractivity (Wildman–Crippen MR) is 84.4 cm³/mol. The second kappa shape index (κ2) is 6.37. The maximum absolute atomic E-state index is 12.6. The third-order valence-corrected chi connectivity index (χ3v) is 6.99. The van der Waals surface area contributed by atoms with E-state index in [0.29, 0.717) is 29.5 Å². The van der Waals surface area contributed by atoms with E-state index in [1.165, 1.54) is 38.5 Å². The summed E-state index contributed by atoms with van der Waals surface area (Å²) in [5.74, 6) is 1.58. The Kier molecular flexibility index (Phi) is 4.73. The van der Waals surface area contributed by atoms with Crippen LogP contribution in [0.25, 0.3) is 0 Å². The van der Waals surface area contributed by atoms with Crippen LogP contribution in [0.4, 0.5) is 0 Å². The van der Waals surface area contributed by atoms with Crippen molar-refractivity contribution >= 4 is 17.5 Å². The van der Waals surface area contributed by atoms with E-state index >= 15 is 0 Å². The zero-order valence-electron chi connectivity index (χ0n) is 12.6. The van der Waals surface area contributed by atoms with Crippen molar-refractivity contribution in [3.63, 3.8) is 0 Å².